The SMILES string of the molecule is NC(=O)N1CCCC(C(=O)Nc2cccc(Oc3ccccc3)n2)C1. The highest BCUT2D eigenvalue weighted by atomic mass is 16.5. The Morgan fingerprint density at radius 3 is 2.72 bits per heavy atom. The van der Waals surface area contributed by atoms with Crippen molar-refractivity contribution in [3.63, 3.8) is 0 Å². The number of benzene rings is 1. The molecule has 3 N–H and O–H groups in total. The minimum absolute atomic E-state index is 0.171. The molecule has 7 heteroatoms. The lowest BCUT2D eigenvalue weighted by atomic mass is 9.97. The van der Waals surface area contributed by atoms with Crippen LogP contribution >= 0.6 is 0 Å². The number of amides is 3. The molecule has 2 aromatic rings. The summed E-state index contributed by atoms with van der Waals surface area (Å²) in [5.41, 5.74) is 5.30. The molecule has 1 aliphatic heterocycles. The van der Waals surface area contributed by atoms with E-state index in [0.717, 1.165) is 12.8 Å². The van der Waals surface area contributed by atoms with Crippen LogP contribution < -0.4 is 15.8 Å². The van der Waals surface area contributed by atoms with Gasteiger partial charge in [0, 0.05) is 19.2 Å². The van der Waals surface area contributed by atoms with Crippen molar-refractivity contribution in [2.24, 2.45) is 11.7 Å². The number of carbonyl (C=O) groups is 2. The zero-order chi connectivity index (χ0) is 17.6. The quantitative estimate of drug-likeness (QED) is 0.894. The van der Waals surface area contributed by atoms with E-state index in [1.165, 1.54) is 4.90 Å². The molecule has 0 spiro atoms. The predicted molar refractivity (Wildman–Crippen MR) is 93.3 cm³/mol. The molecule has 1 saturated heterocycles. The number of hydrogen-bond acceptors (Lipinski definition) is 4. The van der Waals surface area contributed by atoms with Crippen molar-refractivity contribution in [3.8, 4) is 11.6 Å². The number of urea groups is 1. The highest BCUT2D eigenvalue weighted by molar-refractivity contribution is 5.92. The van der Waals surface area contributed by atoms with Gasteiger partial charge in [-0.1, -0.05) is 24.3 Å². The minimum atomic E-state index is -0.492. The molecule has 0 aliphatic carbocycles. The van der Waals surface area contributed by atoms with Crippen LogP contribution in [-0.4, -0.2) is 34.9 Å². The van der Waals surface area contributed by atoms with E-state index < -0.39 is 6.03 Å². The largest absolute Gasteiger partial charge is 0.439 e. The van der Waals surface area contributed by atoms with Crippen molar-refractivity contribution in [1.82, 2.24) is 9.88 Å². The van der Waals surface area contributed by atoms with Gasteiger partial charge in [-0.3, -0.25) is 4.79 Å². The van der Waals surface area contributed by atoms with Crippen molar-refractivity contribution < 1.29 is 14.3 Å². The van der Waals surface area contributed by atoms with Crippen LogP contribution in [0, 0.1) is 5.92 Å². The Hall–Kier alpha value is -3.09. The molecule has 0 radical (unpaired) electrons. The summed E-state index contributed by atoms with van der Waals surface area (Å²) in [6.45, 7) is 0.930. The third kappa shape index (κ3) is 4.47. The van der Waals surface area contributed by atoms with Gasteiger partial charge in [-0.25, -0.2) is 4.79 Å². The summed E-state index contributed by atoms with van der Waals surface area (Å²) in [6, 6.07) is 14.0. The van der Waals surface area contributed by atoms with Gasteiger partial charge in [-0.15, -0.1) is 0 Å². The molecule has 3 amide bonds. The number of anilines is 1. The van der Waals surface area contributed by atoms with E-state index >= 15 is 0 Å². The van der Waals surface area contributed by atoms with E-state index in [1.54, 1.807) is 18.2 Å². The van der Waals surface area contributed by atoms with Crippen LogP contribution in [0.4, 0.5) is 10.6 Å². The molecule has 0 saturated carbocycles. The molecule has 1 fully saturated rings. The zero-order valence-corrected chi connectivity index (χ0v) is 13.7. The molecule has 7 nitrogen and oxygen atoms in total. The van der Waals surface area contributed by atoms with Gasteiger partial charge in [0.1, 0.15) is 11.6 Å². The number of piperidine rings is 1. The van der Waals surface area contributed by atoms with Gasteiger partial charge in [0.25, 0.3) is 0 Å². The summed E-state index contributed by atoms with van der Waals surface area (Å²) in [5.74, 6) is 1.01. The van der Waals surface area contributed by atoms with E-state index in [9.17, 15) is 9.59 Å². The first-order valence-corrected chi connectivity index (χ1v) is 8.17. The molecule has 1 aliphatic rings. The van der Waals surface area contributed by atoms with Gasteiger partial charge in [0.2, 0.25) is 11.8 Å². The normalized spacial score (nSPS) is 17.0. The molecule has 1 unspecified atom stereocenters. The van der Waals surface area contributed by atoms with Crippen molar-refractivity contribution >= 4 is 17.8 Å². The number of carbonyl (C=O) groups excluding carboxylic acids is 2. The fourth-order valence-corrected chi connectivity index (χ4v) is 2.77. The molecule has 0 bridgehead atoms. The first-order chi connectivity index (χ1) is 12.1. The van der Waals surface area contributed by atoms with E-state index in [-0.39, 0.29) is 11.8 Å². The predicted octanol–water partition coefficient (Wildman–Crippen LogP) is 2.60. The van der Waals surface area contributed by atoms with Crippen LogP contribution in [-0.2, 0) is 4.79 Å². The summed E-state index contributed by atoms with van der Waals surface area (Å²) in [4.78, 5) is 29.5. The average molecular weight is 340 g/mol. The Labute approximate surface area is 145 Å². The Morgan fingerprint density at radius 2 is 1.96 bits per heavy atom. The first kappa shape index (κ1) is 16.8. The van der Waals surface area contributed by atoms with Crippen molar-refractivity contribution in [2.75, 3.05) is 18.4 Å². The number of likely N-dealkylation sites (tertiary alicyclic amines) is 1. The van der Waals surface area contributed by atoms with Crippen molar-refractivity contribution in [1.29, 1.82) is 0 Å². The number of rotatable bonds is 4. The molecular weight excluding hydrogens is 320 g/mol. The number of nitrogens with zero attached hydrogens (tertiary/aromatic N) is 2. The van der Waals surface area contributed by atoms with Crippen molar-refractivity contribution in [2.45, 2.75) is 12.8 Å². The van der Waals surface area contributed by atoms with Crippen LogP contribution in [0.2, 0.25) is 0 Å². The van der Waals surface area contributed by atoms with Gasteiger partial charge in [0.05, 0.1) is 5.92 Å². The number of primary amides is 1. The third-order valence-corrected chi connectivity index (χ3v) is 4.04. The fraction of sp³-hybridized carbons (Fsp3) is 0.278. The summed E-state index contributed by atoms with van der Waals surface area (Å²) < 4.78 is 5.66. The maximum Gasteiger partial charge on any atom is 0.314 e. The van der Waals surface area contributed by atoms with Crippen LogP contribution in [0.3, 0.4) is 0 Å². The van der Waals surface area contributed by atoms with Gasteiger partial charge >= 0.3 is 6.03 Å². The van der Waals surface area contributed by atoms with Gasteiger partial charge in [-0.05, 0) is 31.0 Å². The topological polar surface area (TPSA) is 97.6 Å². The van der Waals surface area contributed by atoms with Crippen molar-refractivity contribution in [3.05, 3.63) is 48.5 Å². The molecule has 130 valence electrons. The maximum atomic E-state index is 12.4. The Kier molecular flexibility index (Phi) is 5.13. The van der Waals surface area contributed by atoms with Crippen LogP contribution in [0.25, 0.3) is 0 Å². The van der Waals surface area contributed by atoms with E-state index in [2.05, 4.69) is 10.3 Å². The van der Waals surface area contributed by atoms with E-state index in [1.807, 2.05) is 30.3 Å². The highest BCUT2D eigenvalue weighted by Crippen LogP contribution is 2.22. The molecule has 1 aromatic carbocycles. The van der Waals surface area contributed by atoms with Gasteiger partial charge in [-0.2, -0.15) is 4.98 Å². The number of para-hydroxylation sites is 1. The number of pyridine rings is 1. The Morgan fingerprint density at radius 1 is 1.16 bits per heavy atom. The lowest BCUT2D eigenvalue weighted by Crippen LogP contribution is -2.46. The lowest BCUT2D eigenvalue weighted by Gasteiger charge is -2.30. The van der Waals surface area contributed by atoms with E-state index in [0.29, 0.717) is 30.5 Å². The molecule has 25 heavy (non-hydrogen) atoms. The van der Waals surface area contributed by atoms with Gasteiger partial charge < -0.3 is 20.7 Å². The Balaban J connectivity index is 1.63. The molecule has 1 atom stereocenters. The second kappa shape index (κ2) is 7.65. The van der Waals surface area contributed by atoms with Crippen LogP contribution in [0.15, 0.2) is 48.5 Å². The maximum absolute atomic E-state index is 12.4. The number of ether oxygens (including phenoxy) is 1. The van der Waals surface area contributed by atoms with Crippen LogP contribution in [0.5, 0.6) is 11.6 Å². The molecular formula is C18H20N4O3. The summed E-state index contributed by atoms with van der Waals surface area (Å²) in [7, 11) is 0. The monoisotopic (exact) mass is 340 g/mol. The second-order valence-electron chi connectivity index (χ2n) is 5.89. The summed E-state index contributed by atoms with van der Waals surface area (Å²) in [6.07, 6.45) is 1.47. The van der Waals surface area contributed by atoms with Gasteiger partial charge in [0.15, 0.2) is 0 Å². The number of nitrogens with one attached hydrogen (secondary N) is 1. The number of hydrogen-bond donors (Lipinski definition) is 2. The average Bonchev–Trinajstić information content (AvgIpc) is 2.63. The van der Waals surface area contributed by atoms with E-state index in [4.69, 9.17) is 10.5 Å². The zero-order valence-electron chi connectivity index (χ0n) is 13.7. The standard InChI is InChI=1S/C18H20N4O3/c19-18(24)22-11-5-6-13(12-22)17(23)21-15-9-4-10-16(20-15)25-14-7-2-1-3-8-14/h1-4,7-10,13H,5-6,11-12H2,(H2,19,24)(H,20,21,23). The smallest absolute Gasteiger partial charge is 0.314 e. The summed E-state index contributed by atoms with van der Waals surface area (Å²) >= 11 is 0. The highest BCUT2D eigenvalue weighted by Gasteiger charge is 2.27. The molecule has 1 aromatic heterocycles. The van der Waals surface area contributed by atoms with Crippen LogP contribution in [0.1, 0.15) is 12.8 Å². The Bertz CT molecular complexity index is 751. The number of aromatic nitrogens is 1. The third-order valence-electron chi connectivity index (χ3n) is 4.04. The molecule has 2 heterocycles. The summed E-state index contributed by atoms with van der Waals surface area (Å²) in [5, 5.41) is 2.79. The molecule has 3 rings (SSSR count). The minimum Gasteiger partial charge on any atom is -0.439 e. The number of nitrogens with two attached hydrogens (primary N) is 1. The lowest BCUT2D eigenvalue weighted by molar-refractivity contribution is -0.121. The second-order valence-corrected chi connectivity index (χ2v) is 5.89. The first-order valence-electron chi connectivity index (χ1n) is 8.17. The fourth-order valence-electron chi connectivity index (χ4n) is 2.77.